The van der Waals surface area contributed by atoms with Crippen LogP contribution in [0.2, 0.25) is 0 Å². The molecule has 88 valence electrons. The third-order valence-electron chi connectivity index (χ3n) is 2.18. The van der Waals surface area contributed by atoms with Crippen molar-refractivity contribution in [3.05, 3.63) is 36.0 Å². The van der Waals surface area contributed by atoms with Gasteiger partial charge in [-0.05, 0) is 25.1 Å². The van der Waals surface area contributed by atoms with Gasteiger partial charge in [-0.2, -0.15) is 5.10 Å². The number of methoxy groups -OCH3 is 1. The summed E-state index contributed by atoms with van der Waals surface area (Å²) in [4.78, 5) is 0. The first-order chi connectivity index (χ1) is 8.19. The Hall–Kier alpha value is -2.30. The number of ether oxygens (including phenoxy) is 2. The number of nitrogens with two attached hydrogens (primary N) is 1. The molecule has 0 fully saturated rings. The van der Waals surface area contributed by atoms with Gasteiger partial charge < -0.3 is 15.2 Å². The third-order valence-corrected chi connectivity index (χ3v) is 2.18. The predicted octanol–water partition coefficient (Wildman–Crippen LogP) is 2.17. The van der Waals surface area contributed by atoms with E-state index in [9.17, 15) is 0 Å². The zero-order chi connectivity index (χ0) is 12.3. The molecule has 0 aliphatic rings. The minimum atomic E-state index is 0.415. The highest BCUT2D eigenvalue weighted by Gasteiger charge is 2.06. The summed E-state index contributed by atoms with van der Waals surface area (Å²) in [5.74, 6) is 1.53. The highest BCUT2D eigenvalue weighted by molar-refractivity contribution is 5.52. The molecule has 17 heavy (non-hydrogen) atoms. The van der Waals surface area contributed by atoms with E-state index in [1.807, 2.05) is 13.0 Å². The third kappa shape index (κ3) is 2.63. The van der Waals surface area contributed by atoms with Crippen LogP contribution in [0.1, 0.15) is 5.69 Å². The minimum Gasteiger partial charge on any atom is -0.493 e. The van der Waals surface area contributed by atoms with E-state index < -0.39 is 0 Å². The number of hydrogen-bond donors (Lipinski definition) is 1. The van der Waals surface area contributed by atoms with Gasteiger partial charge in [0, 0.05) is 17.8 Å². The number of nitrogens with zero attached hydrogens (tertiary/aromatic N) is 2. The molecule has 0 aliphatic carbocycles. The maximum atomic E-state index is 5.65. The second-order valence-corrected chi connectivity index (χ2v) is 3.53. The zero-order valence-corrected chi connectivity index (χ0v) is 9.68. The second kappa shape index (κ2) is 4.69. The average molecular weight is 231 g/mol. The molecule has 1 aromatic carbocycles. The lowest BCUT2D eigenvalue weighted by Gasteiger charge is -2.09. The Kier molecular flexibility index (Phi) is 3.09. The first kappa shape index (κ1) is 11.2. The Morgan fingerprint density at radius 2 is 1.88 bits per heavy atom. The fraction of sp³-hybridized carbons (Fsp3) is 0.167. The molecule has 0 atom stereocenters. The Balaban J connectivity index is 2.26. The van der Waals surface area contributed by atoms with Crippen LogP contribution < -0.4 is 15.2 Å². The van der Waals surface area contributed by atoms with E-state index in [-0.39, 0.29) is 0 Å². The van der Waals surface area contributed by atoms with Gasteiger partial charge in [0.05, 0.1) is 12.8 Å². The van der Waals surface area contributed by atoms with Crippen molar-refractivity contribution in [1.29, 1.82) is 0 Å². The molecule has 0 aliphatic heterocycles. The topological polar surface area (TPSA) is 70.3 Å². The van der Waals surface area contributed by atoms with Crippen molar-refractivity contribution < 1.29 is 9.47 Å². The smallest absolute Gasteiger partial charge is 0.239 e. The van der Waals surface area contributed by atoms with E-state index in [0.29, 0.717) is 23.1 Å². The summed E-state index contributed by atoms with van der Waals surface area (Å²) in [6.07, 6.45) is 0. The molecule has 5 nitrogen and oxygen atoms in total. The molecule has 0 unspecified atom stereocenters. The summed E-state index contributed by atoms with van der Waals surface area (Å²) in [6.45, 7) is 1.86. The maximum absolute atomic E-state index is 5.65. The Bertz CT molecular complexity index is 512. The molecule has 1 heterocycles. The fourth-order valence-corrected chi connectivity index (χ4v) is 1.32. The van der Waals surface area contributed by atoms with Crippen LogP contribution in [0, 0.1) is 6.92 Å². The molecular weight excluding hydrogens is 218 g/mol. The molecule has 0 amide bonds. The van der Waals surface area contributed by atoms with Crippen LogP contribution in [0.5, 0.6) is 17.4 Å². The van der Waals surface area contributed by atoms with Gasteiger partial charge in [0.25, 0.3) is 0 Å². The van der Waals surface area contributed by atoms with E-state index in [0.717, 1.165) is 5.69 Å². The normalized spacial score (nSPS) is 10.0. The number of aryl methyl sites for hydroxylation is 1. The molecule has 5 heteroatoms. The van der Waals surface area contributed by atoms with Gasteiger partial charge in [0.2, 0.25) is 5.88 Å². The van der Waals surface area contributed by atoms with Crippen LogP contribution in [0.3, 0.4) is 0 Å². The van der Waals surface area contributed by atoms with Gasteiger partial charge in [0.15, 0.2) is 11.5 Å². The maximum Gasteiger partial charge on any atom is 0.239 e. The molecule has 2 aromatic rings. The van der Waals surface area contributed by atoms with Gasteiger partial charge in [-0.1, -0.05) is 0 Å². The van der Waals surface area contributed by atoms with Crippen LogP contribution in [0.25, 0.3) is 0 Å². The Morgan fingerprint density at radius 1 is 1.06 bits per heavy atom. The van der Waals surface area contributed by atoms with Gasteiger partial charge in [-0.25, -0.2) is 0 Å². The molecule has 0 spiro atoms. The quantitative estimate of drug-likeness (QED) is 0.820. The van der Waals surface area contributed by atoms with E-state index in [4.69, 9.17) is 15.2 Å². The van der Waals surface area contributed by atoms with Gasteiger partial charge in [-0.3, -0.25) is 0 Å². The summed E-state index contributed by atoms with van der Waals surface area (Å²) >= 11 is 0. The minimum absolute atomic E-state index is 0.415. The van der Waals surface area contributed by atoms with E-state index in [2.05, 4.69) is 10.2 Å². The molecule has 0 bridgehead atoms. The van der Waals surface area contributed by atoms with Crippen LogP contribution in [0.15, 0.2) is 30.3 Å². The molecular formula is C12H13N3O2. The number of hydrogen-bond acceptors (Lipinski definition) is 5. The van der Waals surface area contributed by atoms with Crippen molar-refractivity contribution in [3.63, 3.8) is 0 Å². The zero-order valence-electron chi connectivity index (χ0n) is 9.68. The number of nitrogen functional groups attached to an aromatic ring is 1. The van der Waals surface area contributed by atoms with E-state index in [1.54, 1.807) is 31.4 Å². The number of anilines is 1. The molecule has 2 rings (SSSR count). The lowest BCUT2D eigenvalue weighted by atomic mass is 10.3. The molecule has 2 N–H and O–H groups in total. The van der Waals surface area contributed by atoms with Crippen molar-refractivity contribution in [2.24, 2.45) is 0 Å². The summed E-state index contributed by atoms with van der Waals surface area (Å²) in [5, 5.41) is 7.82. The summed E-state index contributed by atoms with van der Waals surface area (Å²) in [7, 11) is 1.56. The summed E-state index contributed by atoms with van der Waals surface area (Å²) in [5.41, 5.74) is 7.10. The summed E-state index contributed by atoms with van der Waals surface area (Å²) < 4.78 is 10.7. The first-order valence-electron chi connectivity index (χ1n) is 5.11. The van der Waals surface area contributed by atoms with Crippen molar-refractivity contribution in [2.45, 2.75) is 6.92 Å². The SMILES string of the molecule is COc1cc(N)ccc1Oc1ccc(C)nn1. The second-order valence-electron chi connectivity index (χ2n) is 3.53. The number of aromatic nitrogens is 2. The van der Waals surface area contributed by atoms with Gasteiger partial charge in [-0.15, -0.1) is 5.10 Å². The van der Waals surface area contributed by atoms with Gasteiger partial charge in [0.1, 0.15) is 0 Å². The van der Waals surface area contributed by atoms with E-state index in [1.165, 1.54) is 0 Å². The molecule has 0 saturated heterocycles. The van der Waals surface area contributed by atoms with Crippen molar-refractivity contribution in [2.75, 3.05) is 12.8 Å². The van der Waals surface area contributed by atoms with Crippen molar-refractivity contribution >= 4 is 5.69 Å². The first-order valence-corrected chi connectivity index (χ1v) is 5.11. The highest BCUT2D eigenvalue weighted by atomic mass is 16.5. The monoisotopic (exact) mass is 231 g/mol. The van der Waals surface area contributed by atoms with Crippen LogP contribution in [-0.4, -0.2) is 17.3 Å². The summed E-state index contributed by atoms with van der Waals surface area (Å²) in [6, 6.07) is 8.73. The van der Waals surface area contributed by atoms with Crippen LogP contribution in [0.4, 0.5) is 5.69 Å². The average Bonchev–Trinajstić information content (AvgIpc) is 2.34. The number of benzene rings is 1. The predicted molar refractivity (Wildman–Crippen MR) is 64.2 cm³/mol. The van der Waals surface area contributed by atoms with Crippen molar-refractivity contribution in [1.82, 2.24) is 10.2 Å². The Morgan fingerprint density at radius 3 is 2.53 bits per heavy atom. The fourth-order valence-electron chi connectivity index (χ4n) is 1.32. The van der Waals surface area contributed by atoms with Gasteiger partial charge >= 0.3 is 0 Å². The highest BCUT2D eigenvalue weighted by Crippen LogP contribution is 2.31. The number of rotatable bonds is 3. The molecule has 1 aromatic heterocycles. The lowest BCUT2D eigenvalue weighted by Crippen LogP contribution is -1.95. The molecule has 0 saturated carbocycles. The lowest BCUT2D eigenvalue weighted by molar-refractivity contribution is 0.372. The van der Waals surface area contributed by atoms with Crippen LogP contribution >= 0.6 is 0 Å². The Labute approximate surface area is 99.2 Å². The van der Waals surface area contributed by atoms with E-state index >= 15 is 0 Å². The van der Waals surface area contributed by atoms with Crippen LogP contribution in [-0.2, 0) is 0 Å². The standard InChI is InChI=1S/C12H13N3O2/c1-8-3-6-12(15-14-8)17-10-5-4-9(13)7-11(10)16-2/h3-7H,13H2,1-2H3. The largest absolute Gasteiger partial charge is 0.493 e. The van der Waals surface area contributed by atoms with Crippen molar-refractivity contribution in [3.8, 4) is 17.4 Å². The molecule has 0 radical (unpaired) electrons.